The lowest BCUT2D eigenvalue weighted by Gasteiger charge is -2.18. The number of carbonyl (C=O) groups is 1. The average Bonchev–Trinajstić information content (AvgIpc) is 2.68. The van der Waals surface area contributed by atoms with Crippen LogP contribution in [0.25, 0.3) is 10.8 Å². The molecule has 3 nitrogen and oxygen atoms in total. The lowest BCUT2D eigenvalue weighted by molar-refractivity contribution is -0.117. The van der Waals surface area contributed by atoms with Gasteiger partial charge in [-0.15, -0.1) is 0 Å². The summed E-state index contributed by atoms with van der Waals surface area (Å²) in [7, 11) is 0. The Hall–Kier alpha value is -1.87. The number of β-amino-alcohol motifs (C(OH)–C–C–N with tert-alkyl or cyclic N) is 1. The topological polar surface area (TPSA) is 40.5 Å². The first-order valence-corrected chi connectivity index (χ1v) is 5.72. The molecule has 86 valence electrons. The van der Waals surface area contributed by atoms with E-state index >= 15 is 0 Å². The lowest BCUT2D eigenvalue weighted by Crippen LogP contribution is -2.25. The Bertz CT molecular complexity index is 574. The smallest absolute Gasteiger partial charge is 0.229 e. The van der Waals surface area contributed by atoms with Gasteiger partial charge in [-0.05, 0) is 11.5 Å². The summed E-state index contributed by atoms with van der Waals surface area (Å²) in [5, 5.41) is 11.7. The number of benzene rings is 2. The SMILES string of the molecule is O=C1CC(O)CN1c1cccc2ccccc12. The molecule has 1 fully saturated rings. The molecule has 2 aromatic rings. The number of aliphatic hydroxyl groups excluding tert-OH is 1. The van der Waals surface area contributed by atoms with Crippen molar-refractivity contribution in [3.63, 3.8) is 0 Å². The number of hydrogen-bond donors (Lipinski definition) is 1. The maximum atomic E-state index is 11.8. The zero-order valence-electron chi connectivity index (χ0n) is 9.34. The zero-order valence-corrected chi connectivity index (χ0v) is 9.34. The van der Waals surface area contributed by atoms with Crippen molar-refractivity contribution in [3.05, 3.63) is 42.5 Å². The Kier molecular flexibility index (Phi) is 2.34. The van der Waals surface area contributed by atoms with Gasteiger partial charge in [0.15, 0.2) is 0 Å². The van der Waals surface area contributed by atoms with E-state index in [1.165, 1.54) is 0 Å². The van der Waals surface area contributed by atoms with Crippen LogP contribution in [-0.2, 0) is 4.79 Å². The predicted molar refractivity (Wildman–Crippen MR) is 66.9 cm³/mol. The highest BCUT2D eigenvalue weighted by atomic mass is 16.3. The average molecular weight is 227 g/mol. The van der Waals surface area contributed by atoms with Gasteiger partial charge in [0.05, 0.1) is 24.8 Å². The molecule has 1 N–H and O–H groups in total. The summed E-state index contributed by atoms with van der Waals surface area (Å²) in [5.41, 5.74) is 0.893. The first-order chi connectivity index (χ1) is 8.25. The van der Waals surface area contributed by atoms with E-state index < -0.39 is 6.10 Å². The minimum absolute atomic E-state index is 0.00569. The summed E-state index contributed by atoms with van der Waals surface area (Å²) in [4.78, 5) is 13.5. The Morgan fingerprint density at radius 3 is 2.65 bits per heavy atom. The molecule has 1 aliphatic heterocycles. The fraction of sp³-hybridized carbons (Fsp3) is 0.214. The van der Waals surface area contributed by atoms with Crippen LogP contribution in [0.4, 0.5) is 5.69 Å². The summed E-state index contributed by atoms with van der Waals surface area (Å²) in [5.74, 6) is -0.00569. The summed E-state index contributed by atoms with van der Waals surface area (Å²) >= 11 is 0. The summed E-state index contributed by atoms with van der Waals surface area (Å²) in [6.07, 6.45) is -0.315. The molecule has 0 aromatic heterocycles. The lowest BCUT2D eigenvalue weighted by atomic mass is 10.1. The van der Waals surface area contributed by atoms with Crippen LogP contribution in [0.1, 0.15) is 6.42 Å². The standard InChI is InChI=1S/C14H13NO2/c16-11-8-14(17)15(9-11)13-7-3-5-10-4-1-2-6-12(10)13/h1-7,11,16H,8-9H2. The predicted octanol–water partition coefficient (Wildman–Crippen LogP) is 1.94. The molecule has 1 atom stereocenters. The van der Waals surface area contributed by atoms with Crippen molar-refractivity contribution >= 4 is 22.4 Å². The van der Waals surface area contributed by atoms with E-state index in [1.54, 1.807) is 4.90 Å². The third-order valence-corrected chi connectivity index (χ3v) is 3.16. The molecular formula is C14H13NO2. The first-order valence-electron chi connectivity index (χ1n) is 5.72. The Labute approximate surface area is 99.3 Å². The van der Waals surface area contributed by atoms with Crippen molar-refractivity contribution in [2.24, 2.45) is 0 Å². The molecule has 1 aliphatic rings. The summed E-state index contributed by atoms with van der Waals surface area (Å²) in [6, 6.07) is 13.9. The van der Waals surface area contributed by atoms with Gasteiger partial charge in [-0.25, -0.2) is 0 Å². The van der Waals surface area contributed by atoms with Crippen LogP contribution in [0, 0.1) is 0 Å². The van der Waals surface area contributed by atoms with E-state index in [4.69, 9.17) is 0 Å². The number of amides is 1. The third kappa shape index (κ3) is 1.68. The van der Waals surface area contributed by atoms with Crippen molar-refractivity contribution in [2.75, 3.05) is 11.4 Å². The molecule has 3 heteroatoms. The molecule has 1 unspecified atom stereocenters. The monoisotopic (exact) mass is 227 g/mol. The van der Waals surface area contributed by atoms with Crippen LogP contribution in [0.3, 0.4) is 0 Å². The highest BCUT2D eigenvalue weighted by Crippen LogP contribution is 2.29. The Morgan fingerprint density at radius 1 is 1.12 bits per heavy atom. The van der Waals surface area contributed by atoms with E-state index in [9.17, 15) is 9.90 Å². The van der Waals surface area contributed by atoms with Crippen LogP contribution < -0.4 is 4.90 Å². The quantitative estimate of drug-likeness (QED) is 0.808. The molecule has 0 saturated carbocycles. The Balaban J connectivity index is 2.14. The molecule has 0 radical (unpaired) electrons. The fourth-order valence-corrected chi connectivity index (χ4v) is 2.37. The highest BCUT2D eigenvalue weighted by molar-refractivity contribution is 6.05. The van der Waals surface area contributed by atoms with Gasteiger partial charge in [-0.2, -0.15) is 0 Å². The molecule has 17 heavy (non-hydrogen) atoms. The molecule has 0 spiro atoms. The van der Waals surface area contributed by atoms with Gasteiger partial charge in [-0.1, -0.05) is 36.4 Å². The van der Waals surface area contributed by atoms with Crippen molar-refractivity contribution in [2.45, 2.75) is 12.5 Å². The van der Waals surface area contributed by atoms with E-state index in [-0.39, 0.29) is 12.3 Å². The van der Waals surface area contributed by atoms with Crippen molar-refractivity contribution in [3.8, 4) is 0 Å². The van der Waals surface area contributed by atoms with Gasteiger partial charge in [0.1, 0.15) is 0 Å². The van der Waals surface area contributed by atoms with Gasteiger partial charge < -0.3 is 10.0 Å². The minimum Gasteiger partial charge on any atom is -0.391 e. The zero-order chi connectivity index (χ0) is 11.8. The normalized spacial score (nSPS) is 20.2. The molecule has 1 saturated heterocycles. The highest BCUT2D eigenvalue weighted by Gasteiger charge is 2.29. The van der Waals surface area contributed by atoms with Crippen LogP contribution >= 0.6 is 0 Å². The molecular weight excluding hydrogens is 214 g/mol. The minimum atomic E-state index is -0.540. The molecule has 2 aromatic carbocycles. The molecule has 1 amide bonds. The van der Waals surface area contributed by atoms with Gasteiger partial charge in [0.2, 0.25) is 5.91 Å². The third-order valence-electron chi connectivity index (χ3n) is 3.16. The summed E-state index contributed by atoms with van der Waals surface area (Å²) in [6.45, 7) is 0.396. The van der Waals surface area contributed by atoms with E-state index in [2.05, 4.69) is 0 Å². The molecule has 0 aliphatic carbocycles. The van der Waals surface area contributed by atoms with Crippen LogP contribution in [0.5, 0.6) is 0 Å². The first kappa shape index (κ1) is 10.3. The van der Waals surface area contributed by atoms with Crippen molar-refractivity contribution < 1.29 is 9.90 Å². The number of anilines is 1. The second kappa shape index (κ2) is 3.86. The maximum absolute atomic E-state index is 11.8. The van der Waals surface area contributed by atoms with Gasteiger partial charge >= 0.3 is 0 Å². The van der Waals surface area contributed by atoms with Gasteiger partial charge in [-0.3, -0.25) is 4.79 Å². The number of fused-ring (bicyclic) bond motifs is 1. The number of nitrogens with zero attached hydrogens (tertiary/aromatic N) is 1. The summed E-state index contributed by atoms with van der Waals surface area (Å²) < 4.78 is 0. The molecule has 3 rings (SSSR count). The largest absolute Gasteiger partial charge is 0.391 e. The number of aliphatic hydroxyl groups is 1. The maximum Gasteiger partial charge on any atom is 0.229 e. The number of hydrogen-bond acceptors (Lipinski definition) is 2. The van der Waals surface area contributed by atoms with Crippen LogP contribution in [0.15, 0.2) is 42.5 Å². The second-order valence-corrected chi connectivity index (χ2v) is 4.36. The molecule has 1 heterocycles. The van der Waals surface area contributed by atoms with E-state index in [0.29, 0.717) is 6.54 Å². The van der Waals surface area contributed by atoms with E-state index in [0.717, 1.165) is 16.5 Å². The number of carbonyl (C=O) groups excluding carboxylic acids is 1. The Morgan fingerprint density at radius 2 is 1.88 bits per heavy atom. The van der Waals surface area contributed by atoms with Crippen molar-refractivity contribution in [1.82, 2.24) is 0 Å². The van der Waals surface area contributed by atoms with Crippen molar-refractivity contribution in [1.29, 1.82) is 0 Å². The number of rotatable bonds is 1. The second-order valence-electron chi connectivity index (χ2n) is 4.36. The van der Waals surface area contributed by atoms with E-state index in [1.807, 2.05) is 42.5 Å². The van der Waals surface area contributed by atoms with Gasteiger partial charge in [0.25, 0.3) is 0 Å². The van der Waals surface area contributed by atoms with Crippen LogP contribution in [-0.4, -0.2) is 23.7 Å². The fourth-order valence-electron chi connectivity index (χ4n) is 2.37. The van der Waals surface area contributed by atoms with Gasteiger partial charge in [0, 0.05) is 5.39 Å². The molecule has 0 bridgehead atoms. The van der Waals surface area contributed by atoms with Crippen LogP contribution in [0.2, 0.25) is 0 Å².